The Bertz CT molecular complexity index is 365. The highest BCUT2D eigenvalue weighted by molar-refractivity contribution is 7.99. The molecule has 1 aromatic carbocycles. The molecule has 1 heterocycles. The van der Waals surface area contributed by atoms with Crippen LogP contribution in [0.5, 0.6) is 0 Å². The van der Waals surface area contributed by atoms with Crippen LogP contribution in [-0.2, 0) is 4.79 Å². The summed E-state index contributed by atoms with van der Waals surface area (Å²) >= 11 is 7.63. The number of carbonyl (C=O) groups excluding carboxylic acids is 1. The van der Waals surface area contributed by atoms with Gasteiger partial charge in [-0.25, -0.2) is 0 Å². The van der Waals surface area contributed by atoms with Gasteiger partial charge in [0, 0.05) is 24.2 Å². The molecule has 4 heteroatoms. The lowest BCUT2D eigenvalue weighted by atomic mass is 10.2. The van der Waals surface area contributed by atoms with E-state index in [9.17, 15) is 4.79 Å². The molecule has 1 amide bonds. The van der Waals surface area contributed by atoms with Crippen LogP contribution in [0.15, 0.2) is 24.3 Å². The fourth-order valence-electron chi connectivity index (χ4n) is 1.70. The number of rotatable bonds is 1. The van der Waals surface area contributed by atoms with E-state index in [-0.39, 0.29) is 11.3 Å². The molecular weight excluding hydrogens is 230 g/mol. The maximum atomic E-state index is 11.4. The number of hydrogen-bond acceptors (Lipinski definition) is 2. The van der Waals surface area contributed by atoms with E-state index in [0.29, 0.717) is 0 Å². The monoisotopic (exact) mass is 241 g/mol. The van der Waals surface area contributed by atoms with Crippen molar-refractivity contribution in [2.75, 3.05) is 12.3 Å². The molecule has 0 N–H and O–H groups in total. The maximum Gasteiger partial charge on any atom is 0.220 e. The van der Waals surface area contributed by atoms with Crippen LogP contribution in [0.2, 0.25) is 5.02 Å². The van der Waals surface area contributed by atoms with Crippen LogP contribution < -0.4 is 0 Å². The minimum Gasteiger partial charge on any atom is -0.326 e. The second-order valence-corrected chi connectivity index (χ2v) is 5.11. The summed E-state index contributed by atoms with van der Waals surface area (Å²) in [4.78, 5) is 13.3. The van der Waals surface area contributed by atoms with Crippen molar-refractivity contribution in [2.24, 2.45) is 0 Å². The fourth-order valence-corrected chi connectivity index (χ4v) is 3.13. The van der Waals surface area contributed by atoms with Gasteiger partial charge in [-0.3, -0.25) is 4.79 Å². The first-order chi connectivity index (χ1) is 7.18. The van der Waals surface area contributed by atoms with Gasteiger partial charge in [0.05, 0.1) is 0 Å². The molecule has 2 nitrogen and oxygen atoms in total. The highest BCUT2D eigenvalue weighted by Gasteiger charge is 2.28. The first-order valence-corrected chi connectivity index (χ1v) is 6.25. The minimum atomic E-state index is 0.139. The van der Waals surface area contributed by atoms with Gasteiger partial charge in [-0.1, -0.05) is 23.7 Å². The molecule has 0 radical (unpaired) electrons. The smallest absolute Gasteiger partial charge is 0.220 e. The Labute approximate surface area is 98.6 Å². The molecule has 1 aromatic rings. The van der Waals surface area contributed by atoms with Crippen LogP contribution in [-0.4, -0.2) is 23.1 Å². The number of halogens is 1. The fraction of sp³-hybridized carbons (Fsp3) is 0.364. The van der Waals surface area contributed by atoms with Crippen molar-refractivity contribution in [3.63, 3.8) is 0 Å². The molecule has 0 aromatic heterocycles. The summed E-state index contributed by atoms with van der Waals surface area (Å²) in [6.07, 6.45) is 0. The van der Waals surface area contributed by atoms with E-state index in [1.807, 2.05) is 29.2 Å². The van der Waals surface area contributed by atoms with Gasteiger partial charge >= 0.3 is 0 Å². The Hall–Kier alpha value is -0.670. The Morgan fingerprint density at radius 1 is 1.47 bits per heavy atom. The molecule has 0 bridgehead atoms. The second-order valence-electron chi connectivity index (χ2n) is 3.49. The van der Waals surface area contributed by atoms with E-state index >= 15 is 0 Å². The average Bonchev–Trinajstić information content (AvgIpc) is 2.67. The van der Waals surface area contributed by atoms with Crippen molar-refractivity contribution in [2.45, 2.75) is 12.3 Å². The zero-order chi connectivity index (χ0) is 10.8. The van der Waals surface area contributed by atoms with Crippen molar-refractivity contribution in [1.29, 1.82) is 0 Å². The number of benzene rings is 1. The minimum absolute atomic E-state index is 0.139. The summed E-state index contributed by atoms with van der Waals surface area (Å²) < 4.78 is 0. The predicted molar refractivity (Wildman–Crippen MR) is 64.0 cm³/mol. The average molecular weight is 242 g/mol. The summed E-state index contributed by atoms with van der Waals surface area (Å²) in [7, 11) is 0. The van der Waals surface area contributed by atoms with Crippen LogP contribution in [0.4, 0.5) is 0 Å². The highest BCUT2D eigenvalue weighted by Crippen LogP contribution is 2.37. The molecule has 0 aliphatic carbocycles. The van der Waals surface area contributed by atoms with Gasteiger partial charge in [-0.2, -0.15) is 0 Å². The summed E-state index contributed by atoms with van der Waals surface area (Å²) in [6, 6.07) is 7.71. The Morgan fingerprint density at radius 3 is 2.73 bits per heavy atom. The standard InChI is InChI=1S/C11H12ClNOS/c1-8(14)13-6-7-15-11(13)9-2-4-10(12)5-3-9/h2-5,11H,6-7H2,1H3/t11-/m1/s1. The van der Waals surface area contributed by atoms with Gasteiger partial charge in [-0.15, -0.1) is 11.8 Å². The van der Waals surface area contributed by atoms with Crippen molar-refractivity contribution >= 4 is 29.3 Å². The first-order valence-electron chi connectivity index (χ1n) is 4.83. The highest BCUT2D eigenvalue weighted by atomic mass is 35.5. The van der Waals surface area contributed by atoms with Crippen LogP contribution in [0, 0.1) is 0 Å². The Kier molecular flexibility index (Phi) is 3.22. The van der Waals surface area contributed by atoms with Gasteiger partial charge < -0.3 is 4.90 Å². The largest absolute Gasteiger partial charge is 0.326 e. The normalized spacial score (nSPS) is 20.7. The number of amides is 1. The molecule has 1 aliphatic heterocycles. The molecule has 0 unspecified atom stereocenters. The van der Waals surface area contributed by atoms with Gasteiger partial charge in [0.1, 0.15) is 5.37 Å². The third kappa shape index (κ3) is 2.29. The zero-order valence-electron chi connectivity index (χ0n) is 8.44. The van der Waals surface area contributed by atoms with Crippen LogP contribution in [0.25, 0.3) is 0 Å². The first kappa shape index (κ1) is 10.8. The Balaban J connectivity index is 2.22. The summed E-state index contributed by atoms with van der Waals surface area (Å²) in [5, 5.41) is 0.899. The molecule has 1 saturated heterocycles. The zero-order valence-corrected chi connectivity index (χ0v) is 10.0. The SMILES string of the molecule is CC(=O)N1CCS[C@@H]1c1ccc(Cl)cc1. The van der Waals surface area contributed by atoms with Gasteiger partial charge in [-0.05, 0) is 17.7 Å². The summed E-state index contributed by atoms with van der Waals surface area (Å²) in [6.45, 7) is 2.46. The van der Waals surface area contributed by atoms with Crippen LogP contribution >= 0.6 is 23.4 Å². The van der Waals surface area contributed by atoms with E-state index in [2.05, 4.69) is 0 Å². The number of thioether (sulfide) groups is 1. The lowest BCUT2D eigenvalue weighted by Gasteiger charge is -2.22. The van der Waals surface area contributed by atoms with E-state index in [4.69, 9.17) is 11.6 Å². The van der Waals surface area contributed by atoms with Crippen LogP contribution in [0.1, 0.15) is 17.9 Å². The molecule has 0 spiro atoms. The Morgan fingerprint density at radius 2 is 2.13 bits per heavy atom. The van der Waals surface area contributed by atoms with Gasteiger partial charge in [0.2, 0.25) is 5.91 Å². The van der Waals surface area contributed by atoms with Crippen molar-refractivity contribution in [3.8, 4) is 0 Å². The van der Waals surface area contributed by atoms with Crippen molar-refractivity contribution in [1.82, 2.24) is 4.90 Å². The van der Waals surface area contributed by atoms with Crippen molar-refractivity contribution < 1.29 is 4.79 Å². The molecule has 1 aliphatic rings. The number of carbonyl (C=O) groups is 1. The van der Waals surface area contributed by atoms with Crippen LogP contribution in [0.3, 0.4) is 0 Å². The van der Waals surface area contributed by atoms with E-state index in [1.54, 1.807) is 18.7 Å². The molecular formula is C11H12ClNOS. The molecule has 2 rings (SSSR count). The lowest BCUT2D eigenvalue weighted by Crippen LogP contribution is -2.27. The number of hydrogen-bond donors (Lipinski definition) is 0. The third-order valence-corrected chi connectivity index (χ3v) is 3.96. The molecule has 80 valence electrons. The molecule has 15 heavy (non-hydrogen) atoms. The third-order valence-electron chi connectivity index (χ3n) is 2.45. The number of nitrogens with zero attached hydrogens (tertiary/aromatic N) is 1. The van der Waals surface area contributed by atoms with E-state index < -0.39 is 0 Å². The molecule has 1 atom stereocenters. The topological polar surface area (TPSA) is 20.3 Å². The second kappa shape index (κ2) is 4.45. The predicted octanol–water partition coefficient (Wildman–Crippen LogP) is 2.93. The quantitative estimate of drug-likeness (QED) is 0.754. The lowest BCUT2D eigenvalue weighted by molar-refractivity contribution is -0.128. The van der Waals surface area contributed by atoms with E-state index in [0.717, 1.165) is 22.9 Å². The van der Waals surface area contributed by atoms with Gasteiger partial charge in [0.25, 0.3) is 0 Å². The van der Waals surface area contributed by atoms with E-state index in [1.165, 1.54) is 0 Å². The van der Waals surface area contributed by atoms with Crippen molar-refractivity contribution in [3.05, 3.63) is 34.9 Å². The molecule has 1 fully saturated rings. The van der Waals surface area contributed by atoms with Gasteiger partial charge in [0.15, 0.2) is 0 Å². The maximum absolute atomic E-state index is 11.4. The summed E-state index contributed by atoms with van der Waals surface area (Å²) in [5.41, 5.74) is 1.15. The molecule has 0 saturated carbocycles. The summed E-state index contributed by atoms with van der Waals surface area (Å²) in [5.74, 6) is 1.15.